The molecule has 0 aromatic heterocycles. The second-order valence-corrected chi connectivity index (χ2v) is 14.1. The monoisotopic (exact) mass is 737 g/mol. The number of likely N-dealkylation sites (N-methyl/N-ethyl adjacent to an activating group) is 2. The van der Waals surface area contributed by atoms with Gasteiger partial charge in [-0.2, -0.15) is 0 Å². The van der Waals surface area contributed by atoms with E-state index in [1.165, 1.54) is 7.11 Å². The van der Waals surface area contributed by atoms with Crippen molar-refractivity contribution in [2.75, 3.05) is 27.8 Å². The molecule has 1 amide bonds. The first kappa shape index (κ1) is 44.0. The zero-order valence-corrected chi connectivity index (χ0v) is 33.0. The predicted molar refractivity (Wildman–Crippen MR) is 210 cm³/mol. The maximum absolute atomic E-state index is 12.9. The fourth-order valence-corrected chi connectivity index (χ4v) is 6.14. The molecule has 0 spiro atoms. The highest BCUT2D eigenvalue weighted by Crippen LogP contribution is 2.28. The Morgan fingerprint density at radius 3 is 2.36 bits per heavy atom. The first-order chi connectivity index (χ1) is 25.3. The molecule has 294 valence electrons. The van der Waals surface area contributed by atoms with Gasteiger partial charge in [0.05, 0.1) is 25.9 Å². The average molecular weight is 738 g/mol. The molecule has 11 nitrogen and oxygen atoms in total. The molecule has 0 aromatic carbocycles. The highest BCUT2D eigenvalue weighted by atomic mass is 16.7. The van der Waals surface area contributed by atoms with Gasteiger partial charge in [0.15, 0.2) is 18.3 Å². The predicted octanol–water partition coefficient (Wildman–Crippen LogP) is 4.98. The van der Waals surface area contributed by atoms with Crippen LogP contribution in [0.3, 0.4) is 0 Å². The lowest BCUT2D eigenvalue weighted by Crippen LogP contribution is -2.62. The van der Waals surface area contributed by atoms with Crippen molar-refractivity contribution < 1.29 is 38.7 Å². The Bertz CT molecular complexity index is 1460. The molecule has 0 aromatic rings. The summed E-state index contributed by atoms with van der Waals surface area (Å²) in [6, 6.07) is -0.483. The second kappa shape index (κ2) is 22.1. The minimum absolute atomic E-state index is 0.0257. The first-order valence-corrected chi connectivity index (χ1v) is 18.6. The highest BCUT2D eigenvalue weighted by Gasteiger charge is 2.44. The van der Waals surface area contributed by atoms with Crippen molar-refractivity contribution in [2.45, 2.75) is 122 Å². The fourth-order valence-electron chi connectivity index (χ4n) is 6.14. The Morgan fingerprint density at radius 1 is 0.925 bits per heavy atom. The van der Waals surface area contributed by atoms with Crippen molar-refractivity contribution in [3.05, 3.63) is 108 Å². The van der Waals surface area contributed by atoms with Crippen LogP contribution >= 0.6 is 0 Å². The lowest BCUT2D eigenvalue weighted by atomic mass is 9.96. The van der Waals surface area contributed by atoms with Crippen LogP contribution in [0.1, 0.15) is 60.8 Å². The summed E-state index contributed by atoms with van der Waals surface area (Å²) in [6.45, 7) is 11.6. The number of carbonyl (C=O) groups is 1. The summed E-state index contributed by atoms with van der Waals surface area (Å²) in [5.41, 5.74) is 1.41. The summed E-state index contributed by atoms with van der Waals surface area (Å²) in [7, 11) is 5.12. The second-order valence-electron chi connectivity index (χ2n) is 14.1. The third-order valence-electron chi connectivity index (χ3n) is 9.46. The largest absolute Gasteiger partial charge is 0.491 e. The van der Waals surface area contributed by atoms with Gasteiger partial charge in [0.25, 0.3) is 5.91 Å². The Labute approximate surface area is 316 Å². The van der Waals surface area contributed by atoms with Crippen LogP contribution in [0.15, 0.2) is 108 Å². The normalized spacial score (nSPS) is 41.3. The van der Waals surface area contributed by atoms with Gasteiger partial charge in [0.2, 0.25) is 0 Å². The molecule has 0 saturated carbocycles. The minimum Gasteiger partial charge on any atom is -0.491 e. The molecular weight excluding hydrogens is 674 g/mol. The highest BCUT2D eigenvalue weighted by molar-refractivity contribution is 5.92. The van der Waals surface area contributed by atoms with E-state index in [0.29, 0.717) is 12.8 Å². The van der Waals surface area contributed by atoms with E-state index in [-0.39, 0.29) is 36.5 Å². The van der Waals surface area contributed by atoms with Crippen molar-refractivity contribution in [1.82, 2.24) is 16.0 Å². The number of hydrogen-bond acceptors (Lipinski definition) is 10. The molecule has 0 aliphatic carbocycles. The lowest BCUT2D eigenvalue weighted by Gasteiger charge is -2.44. The summed E-state index contributed by atoms with van der Waals surface area (Å²) in [5.74, 6) is -0.0812. The Hall–Kier alpha value is -3.39. The molecule has 3 rings (SSSR count). The van der Waals surface area contributed by atoms with Crippen LogP contribution in [0.4, 0.5) is 0 Å². The van der Waals surface area contributed by atoms with E-state index in [1.54, 1.807) is 44.4 Å². The zero-order valence-electron chi connectivity index (χ0n) is 33.0. The maximum atomic E-state index is 12.9. The molecule has 2 saturated heterocycles. The number of aliphatic hydroxyl groups is 2. The molecule has 3 heterocycles. The summed E-state index contributed by atoms with van der Waals surface area (Å²) < 4.78 is 30.2. The number of carbonyl (C=O) groups excluding carboxylic acids is 1. The minimum atomic E-state index is -1.48. The Balaban J connectivity index is 1.85. The fraction of sp³-hybridized carbons (Fsp3) is 0.548. The molecule has 0 radical (unpaired) electrons. The molecule has 11 heteroatoms. The molecule has 5 N–H and O–H groups in total. The van der Waals surface area contributed by atoms with Crippen LogP contribution in [-0.4, -0.2) is 105 Å². The van der Waals surface area contributed by atoms with Crippen LogP contribution < -0.4 is 16.0 Å². The molecule has 0 bridgehead atoms. The van der Waals surface area contributed by atoms with Gasteiger partial charge >= 0.3 is 0 Å². The van der Waals surface area contributed by atoms with Crippen molar-refractivity contribution in [3.63, 3.8) is 0 Å². The van der Waals surface area contributed by atoms with Crippen molar-refractivity contribution in [1.29, 1.82) is 0 Å². The van der Waals surface area contributed by atoms with Gasteiger partial charge in [-0.15, -0.1) is 0 Å². The summed E-state index contributed by atoms with van der Waals surface area (Å²) in [6.07, 6.45) is 24.4. The van der Waals surface area contributed by atoms with Gasteiger partial charge in [-0.1, -0.05) is 90.1 Å². The number of methoxy groups -OCH3 is 1. The van der Waals surface area contributed by atoms with Crippen LogP contribution in [0.25, 0.3) is 0 Å². The third-order valence-corrected chi connectivity index (χ3v) is 9.46. The molecule has 10 unspecified atom stereocenters. The van der Waals surface area contributed by atoms with E-state index < -0.39 is 42.5 Å². The molecule has 2 fully saturated rings. The summed E-state index contributed by atoms with van der Waals surface area (Å²) in [5, 5.41) is 32.5. The van der Waals surface area contributed by atoms with Gasteiger partial charge in [0, 0.05) is 12.1 Å². The molecule has 10 atom stereocenters. The average Bonchev–Trinajstić information content (AvgIpc) is 3.11. The first-order valence-electron chi connectivity index (χ1n) is 18.6. The Kier molecular flexibility index (Phi) is 18.4. The van der Waals surface area contributed by atoms with Crippen LogP contribution in [0, 0.1) is 0 Å². The zero-order chi connectivity index (χ0) is 39.0. The van der Waals surface area contributed by atoms with Gasteiger partial charge in [-0.25, -0.2) is 0 Å². The van der Waals surface area contributed by atoms with E-state index in [4.69, 9.17) is 23.7 Å². The number of aliphatic hydroxyl groups excluding tert-OH is 1. The maximum Gasteiger partial charge on any atom is 0.286 e. The quantitative estimate of drug-likeness (QED) is 0.243. The number of amides is 1. The summed E-state index contributed by atoms with van der Waals surface area (Å²) >= 11 is 0. The third kappa shape index (κ3) is 14.4. The number of rotatable bonds is 7. The molecule has 3 aliphatic rings. The van der Waals surface area contributed by atoms with Crippen molar-refractivity contribution in [2.24, 2.45) is 0 Å². The van der Waals surface area contributed by atoms with E-state index >= 15 is 0 Å². The van der Waals surface area contributed by atoms with Crippen molar-refractivity contribution in [3.8, 4) is 0 Å². The van der Waals surface area contributed by atoms with E-state index in [0.717, 1.165) is 23.1 Å². The van der Waals surface area contributed by atoms with Crippen molar-refractivity contribution >= 4 is 5.91 Å². The topological polar surface area (TPSA) is 140 Å². The van der Waals surface area contributed by atoms with Gasteiger partial charge < -0.3 is 49.8 Å². The number of hydrogen-bond donors (Lipinski definition) is 5. The molecule has 53 heavy (non-hydrogen) atoms. The van der Waals surface area contributed by atoms with E-state index in [2.05, 4.69) is 22.0 Å². The standard InChI is InChI=1S/C42H63N3O8/c1-28-16-12-13-20-36(53-41-38(44-8)39(46)35(27-50-41)52-37-24-23-33(43-7)32(5)51-37)42(6,48)25-14-10-11-17-30(3)26-34(49-9)40(47)45-31(4)22-21-29(2)19-15-18-28/h10-21,25-26,31-33,35-39,41,43-44,46,48H,22-24,27H2,1-9H3,(H,45,47)/b11-10+,16-12+,19-15+,20-13+,25-14+,28-18-,29-21+,30-17-,34-26-. The summed E-state index contributed by atoms with van der Waals surface area (Å²) in [4.78, 5) is 12.9. The lowest BCUT2D eigenvalue weighted by molar-refractivity contribution is -0.295. The van der Waals surface area contributed by atoms with E-state index in [1.807, 2.05) is 90.3 Å². The molecule has 3 aliphatic heterocycles. The van der Waals surface area contributed by atoms with Crippen LogP contribution in [-0.2, 0) is 28.5 Å². The Morgan fingerprint density at radius 2 is 1.66 bits per heavy atom. The van der Waals surface area contributed by atoms with Gasteiger partial charge in [-0.3, -0.25) is 4.79 Å². The number of ether oxygens (including phenoxy) is 5. The number of nitrogens with one attached hydrogen (secondary N) is 3. The SMILES string of the molecule is CNC1CCC(OC2COC(OC3/C=C/C=C/C(C)=C\C=C\C(C)=C\CC(C)NC(=O)/C(OC)=C/C(C)=C\C=C\C=C\C3(C)O)C(NC)C2O)OC1C. The van der Waals surface area contributed by atoms with Gasteiger partial charge in [0.1, 0.15) is 23.9 Å². The van der Waals surface area contributed by atoms with Crippen LogP contribution in [0.5, 0.6) is 0 Å². The number of allylic oxidation sites excluding steroid dienone is 14. The van der Waals surface area contributed by atoms with E-state index in [9.17, 15) is 15.0 Å². The van der Waals surface area contributed by atoms with Gasteiger partial charge in [-0.05, 0) is 86.5 Å². The smallest absolute Gasteiger partial charge is 0.286 e. The molecular formula is C42H63N3O8. The van der Waals surface area contributed by atoms with Crippen LogP contribution in [0.2, 0.25) is 0 Å².